The number of carbonyl (C=O) groups excluding carboxylic acids is 1. The largest absolute Gasteiger partial charge is 0.461 e. The number of hydrogen-bond donors (Lipinski definition) is 1. The first kappa shape index (κ1) is 16.6. The summed E-state index contributed by atoms with van der Waals surface area (Å²) >= 11 is 0. The molecule has 0 spiro atoms. The van der Waals surface area contributed by atoms with Gasteiger partial charge in [-0.15, -0.1) is 5.10 Å². The molecule has 0 saturated carbocycles. The molecule has 1 N–H and O–H groups in total. The predicted molar refractivity (Wildman–Crippen MR) is 72.4 cm³/mol. The Kier molecular flexibility index (Phi) is 7.17. The van der Waals surface area contributed by atoms with Gasteiger partial charge >= 0.3 is 5.97 Å². The minimum absolute atomic E-state index is 0.00964. The zero-order chi connectivity index (χ0) is 15.0. The third kappa shape index (κ3) is 4.90. The molecule has 0 amide bonds. The maximum atomic E-state index is 11.8. The van der Waals surface area contributed by atoms with Crippen LogP contribution in [0.5, 0.6) is 0 Å². The number of rotatable bonds is 9. The van der Waals surface area contributed by atoms with Crippen LogP contribution in [0.4, 0.5) is 0 Å². The summed E-state index contributed by atoms with van der Waals surface area (Å²) in [4.78, 5) is 11.8. The SMILES string of the molecule is CCOC(=O)c1nnn(CCOCCO)c1CC(C)C. The molecule has 0 fully saturated rings. The summed E-state index contributed by atoms with van der Waals surface area (Å²) in [5.74, 6) is -0.0653. The molecule has 0 atom stereocenters. The van der Waals surface area contributed by atoms with Crippen molar-refractivity contribution in [1.82, 2.24) is 15.0 Å². The maximum Gasteiger partial charge on any atom is 0.360 e. The van der Waals surface area contributed by atoms with E-state index >= 15 is 0 Å². The smallest absolute Gasteiger partial charge is 0.360 e. The summed E-state index contributed by atoms with van der Waals surface area (Å²) in [6.07, 6.45) is 0.696. The molecule has 0 aliphatic carbocycles. The highest BCUT2D eigenvalue weighted by atomic mass is 16.5. The Morgan fingerprint density at radius 3 is 2.75 bits per heavy atom. The number of hydrogen-bond acceptors (Lipinski definition) is 6. The Morgan fingerprint density at radius 2 is 2.15 bits per heavy atom. The Morgan fingerprint density at radius 1 is 1.40 bits per heavy atom. The fourth-order valence-corrected chi connectivity index (χ4v) is 1.78. The molecule has 114 valence electrons. The number of nitrogens with zero attached hydrogens (tertiary/aromatic N) is 3. The number of aliphatic hydroxyl groups excluding tert-OH is 1. The molecule has 1 rings (SSSR count). The Balaban J connectivity index is 2.79. The van der Waals surface area contributed by atoms with Crippen molar-refractivity contribution in [2.24, 2.45) is 5.92 Å². The summed E-state index contributed by atoms with van der Waals surface area (Å²) in [5.41, 5.74) is 1.05. The van der Waals surface area contributed by atoms with Crippen molar-refractivity contribution in [3.05, 3.63) is 11.4 Å². The fraction of sp³-hybridized carbons (Fsp3) is 0.769. The van der Waals surface area contributed by atoms with Crippen LogP contribution in [-0.2, 0) is 22.4 Å². The van der Waals surface area contributed by atoms with Gasteiger partial charge in [-0.25, -0.2) is 9.48 Å². The molecule has 1 heterocycles. The van der Waals surface area contributed by atoms with Crippen molar-refractivity contribution in [2.45, 2.75) is 33.7 Å². The van der Waals surface area contributed by atoms with Crippen LogP contribution in [0.3, 0.4) is 0 Å². The van der Waals surface area contributed by atoms with Crippen molar-refractivity contribution >= 4 is 5.97 Å². The first-order chi connectivity index (χ1) is 9.60. The average Bonchev–Trinajstić information content (AvgIpc) is 2.77. The zero-order valence-corrected chi connectivity index (χ0v) is 12.3. The molecular weight excluding hydrogens is 262 g/mol. The van der Waals surface area contributed by atoms with E-state index < -0.39 is 5.97 Å². The van der Waals surface area contributed by atoms with Crippen LogP contribution in [0.2, 0.25) is 0 Å². The van der Waals surface area contributed by atoms with Crippen LogP contribution >= 0.6 is 0 Å². The van der Waals surface area contributed by atoms with Gasteiger partial charge in [-0.05, 0) is 19.3 Å². The molecular formula is C13H23N3O4. The normalized spacial score (nSPS) is 11.1. The second-order valence-electron chi connectivity index (χ2n) is 4.76. The molecule has 0 aliphatic heterocycles. The van der Waals surface area contributed by atoms with Crippen molar-refractivity contribution in [1.29, 1.82) is 0 Å². The number of aromatic nitrogens is 3. The van der Waals surface area contributed by atoms with Crippen molar-refractivity contribution < 1.29 is 19.4 Å². The monoisotopic (exact) mass is 285 g/mol. The van der Waals surface area contributed by atoms with Gasteiger partial charge in [0, 0.05) is 0 Å². The van der Waals surface area contributed by atoms with Gasteiger partial charge in [0.2, 0.25) is 0 Å². The predicted octanol–water partition coefficient (Wildman–Crippen LogP) is 0.662. The molecule has 20 heavy (non-hydrogen) atoms. The van der Waals surface area contributed by atoms with Crippen molar-refractivity contribution in [3.8, 4) is 0 Å². The number of esters is 1. The van der Waals surface area contributed by atoms with E-state index in [1.807, 2.05) is 0 Å². The molecule has 0 saturated heterocycles. The molecule has 7 nitrogen and oxygen atoms in total. The first-order valence-electron chi connectivity index (χ1n) is 6.88. The van der Waals surface area contributed by atoms with Crippen LogP contribution in [0, 0.1) is 5.92 Å². The van der Waals surface area contributed by atoms with E-state index in [2.05, 4.69) is 24.2 Å². The van der Waals surface area contributed by atoms with Crippen molar-refractivity contribution in [3.63, 3.8) is 0 Å². The third-order valence-electron chi connectivity index (χ3n) is 2.59. The van der Waals surface area contributed by atoms with E-state index in [1.165, 1.54) is 0 Å². The van der Waals surface area contributed by atoms with Crippen LogP contribution in [0.1, 0.15) is 37.0 Å². The molecule has 0 aliphatic rings. The zero-order valence-electron chi connectivity index (χ0n) is 12.3. The minimum Gasteiger partial charge on any atom is -0.461 e. The van der Waals surface area contributed by atoms with Crippen LogP contribution in [0.25, 0.3) is 0 Å². The van der Waals surface area contributed by atoms with E-state index in [-0.39, 0.29) is 12.3 Å². The molecule has 1 aromatic heterocycles. The van der Waals surface area contributed by atoms with Gasteiger partial charge in [0.25, 0.3) is 0 Å². The fourth-order valence-electron chi connectivity index (χ4n) is 1.78. The second-order valence-corrected chi connectivity index (χ2v) is 4.76. The second kappa shape index (κ2) is 8.65. The number of carbonyl (C=O) groups is 1. The summed E-state index contributed by atoms with van der Waals surface area (Å²) in [6.45, 7) is 7.39. The van der Waals surface area contributed by atoms with Gasteiger partial charge in [-0.2, -0.15) is 0 Å². The Bertz CT molecular complexity index is 418. The van der Waals surface area contributed by atoms with E-state index in [1.54, 1.807) is 11.6 Å². The Labute approximate surface area is 118 Å². The lowest BCUT2D eigenvalue weighted by Crippen LogP contribution is -2.16. The molecule has 1 aromatic rings. The average molecular weight is 285 g/mol. The topological polar surface area (TPSA) is 86.5 Å². The lowest BCUT2D eigenvalue weighted by molar-refractivity contribution is 0.0517. The lowest BCUT2D eigenvalue weighted by atomic mass is 10.1. The van der Waals surface area contributed by atoms with Gasteiger partial charge in [0.15, 0.2) is 5.69 Å². The first-order valence-corrected chi connectivity index (χ1v) is 6.88. The van der Waals surface area contributed by atoms with Gasteiger partial charge in [-0.1, -0.05) is 19.1 Å². The van der Waals surface area contributed by atoms with Crippen LogP contribution in [-0.4, -0.2) is 52.5 Å². The summed E-state index contributed by atoms with van der Waals surface area (Å²) in [5, 5.41) is 16.6. The van der Waals surface area contributed by atoms with Gasteiger partial charge in [0.1, 0.15) is 0 Å². The summed E-state index contributed by atoms with van der Waals surface area (Å²) in [7, 11) is 0. The van der Waals surface area contributed by atoms with Gasteiger partial charge in [0.05, 0.1) is 38.7 Å². The quantitative estimate of drug-likeness (QED) is 0.530. The maximum absolute atomic E-state index is 11.8. The van der Waals surface area contributed by atoms with Gasteiger partial charge in [-0.3, -0.25) is 0 Å². The third-order valence-corrected chi connectivity index (χ3v) is 2.59. The lowest BCUT2D eigenvalue weighted by Gasteiger charge is -2.10. The highest BCUT2D eigenvalue weighted by Crippen LogP contribution is 2.13. The highest BCUT2D eigenvalue weighted by molar-refractivity contribution is 5.88. The van der Waals surface area contributed by atoms with E-state index in [0.717, 1.165) is 5.69 Å². The molecule has 0 radical (unpaired) electrons. The summed E-state index contributed by atoms with van der Waals surface area (Å²) < 4.78 is 11.9. The van der Waals surface area contributed by atoms with Crippen LogP contribution in [0.15, 0.2) is 0 Å². The van der Waals surface area contributed by atoms with Gasteiger partial charge < -0.3 is 14.6 Å². The highest BCUT2D eigenvalue weighted by Gasteiger charge is 2.21. The molecule has 0 unspecified atom stereocenters. The minimum atomic E-state index is -0.439. The Hall–Kier alpha value is -1.47. The van der Waals surface area contributed by atoms with E-state index in [0.29, 0.717) is 38.7 Å². The molecule has 7 heteroatoms. The van der Waals surface area contributed by atoms with E-state index in [9.17, 15) is 4.79 Å². The standard InChI is InChI=1S/C13H23N3O4/c1-4-20-13(18)12-11(9-10(2)3)16(15-14-12)5-7-19-8-6-17/h10,17H,4-9H2,1-3H3. The van der Waals surface area contributed by atoms with Crippen LogP contribution < -0.4 is 0 Å². The molecule has 0 aromatic carbocycles. The summed E-state index contributed by atoms with van der Waals surface area (Å²) in [6, 6.07) is 0. The molecule has 0 bridgehead atoms. The van der Waals surface area contributed by atoms with E-state index in [4.69, 9.17) is 14.6 Å². The number of aliphatic hydroxyl groups is 1. The van der Waals surface area contributed by atoms with Crippen molar-refractivity contribution in [2.75, 3.05) is 26.4 Å². The number of ether oxygens (including phenoxy) is 2.